The number of amides is 1. The number of carbonyl (C=O) groups is 1. The van der Waals surface area contributed by atoms with Crippen molar-refractivity contribution in [3.05, 3.63) is 59.4 Å². The van der Waals surface area contributed by atoms with Gasteiger partial charge >= 0.3 is 0 Å². The predicted molar refractivity (Wildman–Crippen MR) is 77.2 cm³/mol. The van der Waals surface area contributed by atoms with Gasteiger partial charge in [0, 0.05) is 30.9 Å². The Morgan fingerprint density at radius 3 is 2.95 bits per heavy atom. The number of pyridine rings is 1. The molecule has 1 aromatic carbocycles. The maximum Gasteiger partial charge on any atom is 0.251 e. The molecule has 0 radical (unpaired) electrons. The molecular formula is C16H16N2O3. The molecule has 0 saturated heterocycles. The van der Waals surface area contributed by atoms with Crippen molar-refractivity contribution in [1.82, 2.24) is 10.3 Å². The number of nitrogens with zero attached hydrogens (tertiary/aromatic N) is 1. The van der Waals surface area contributed by atoms with E-state index in [9.17, 15) is 9.90 Å². The molecule has 1 amide bonds. The minimum Gasteiger partial charge on any atom is -0.493 e. The number of aliphatic hydroxyl groups is 1. The lowest BCUT2D eigenvalue weighted by Gasteiger charge is -2.13. The molecule has 3 rings (SSSR count). The Morgan fingerprint density at radius 2 is 2.14 bits per heavy atom. The number of nitrogens with one attached hydrogen (secondary N) is 1. The Labute approximate surface area is 122 Å². The highest BCUT2D eigenvalue weighted by atomic mass is 16.5. The molecule has 21 heavy (non-hydrogen) atoms. The summed E-state index contributed by atoms with van der Waals surface area (Å²) in [5.74, 6) is 0.660. The first kappa shape index (κ1) is 13.6. The van der Waals surface area contributed by atoms with Crippen LogP contribution in [-0.4, -0.2) is 29.1 Å². The number of rotatable bonds is 4. The highest BCUT2D eigenvalue weighted by Crippen LogP contribution is 2.27. The van der Waals surface area contributed by atoms with Crippen LogP contribution in [0.3, 0.4) is 0 Å². The molecule has 1 aromatic heterocycles. The summed E-state index contributed by atoms with van der Waals surface area (Å²) in [7, 11) is 0. The highest BCUT2D eigenvalue weighted by Gasteiger charge is 2.16. The fourth-order valence-electron chi connectivity index (χ4n) is 2.33. The van der Waals surface area contributed by atoms with E-state index in [2.05, 4.69) is 10.3 Å². The van der Waals surface area contributed by atoms with Crippen LogP contribution >= 0.6 is 0 Å². The number of aliphatic hydroxyl groups excluding tert-OH is 1. The summed E-state index contributed by atoms with van der Waals surface area (Å²) in [6.07, 6.45) is 3.25. The van der Waals surface area contributed by atoms with E-state index in [1.807, 2.05) is 18.2 Å². The minimum absolute atomic E-state index is 0.167. The third-order valence-electron chi connectivity index (χ3n) is 3.50. The SMILES string of the molecule is O=C(NCC(O)c1ccc2c(c1)CCO2)c1ccncc1. The molecule has 5 heteroatoms. The zero-order valence-electron chi connectivity index (χ0n) is 11.5. The molecular weight excluding hydrogens is 268 g/mol. The number of ether oxygens (including phenoxy) is 1. The van der Waals surface area contributed by atoms with Gasteiger partial charge < -0.3 is 15.2 Å². The quantitative estimate of drug-likeness (QED) is 0.892. The smallest absolute Gasteiger partial charge is 0.251 e. The number of carbonyl (C=O) groups excluding carboxylic acids is 1. The van der Waals surface area contributed by atoms with E-state index < -0.39 is 6.10 Å². The van der Waals surface area contributed by atoms with Crippen molar-refractivity contribution in [2.75, 3.05) is 13.2 Å². The van der Waals surface area contributed by atoms with Crippen LogP contribution in [0.5, 0.6) is 5.75 Å². The lowest BCUT2D eigenvalue weighted by Crippen LogP contribution is -2.28. The molecule has 2 aromatic rings. The van der Waals surface area contributed by atoms with E-state index in [0.29, 0.717) is 12.2 Å². The zero-order valence-corrected chi connectivity index (χ0v) is 11.5. The maximum absolute atomic E-state index is 11.9. The zero-order chi connectivity index (χ0) is 14.7. The number of benzene rings is 1. The second-order valence-corrected chi connectivity index (χ2v) is 4.93. The molecule has 5 nitrogen and oxygen atoms in total. The number of aromatic nitrogens is 1. The van der Waals surface area contributed by atoms with Gasteiger partial charge in [-0.3, -0.25) is 9.78 Å². The van der Waals surface area contributed by atoms with Crippen LogP contribution in [0, 0.1) is 0 Å². The van der Waals surface area contributed by atoms with E-state index >= 15 is 0 Å². The summed E-state index contributed by atoms with van der Waals surface area (Å²) in [5.41, 5.74) is 2.42. The summed E-state index contributed by atoms with van der Waals surface area (Å²) in [5, 5.41) is 12.9. The summed E-state index contributed by atoms with van der Waals surface area (Å²) >= 11 is 0. The molecule has 0 spiro atoms. The van der Waals surface area contributed by atoms with Crippen molar-refractivity contribution in [2.45, 2.75) is 12.5 Å². The topological polar surface area (TPSA) is 71.5 Å². The average molecular weight is 284 g/mol. The van der Waals surface area contributed by atoms with Crippen molar-refractivity contribution in [1.29, 1.82) is 0 Å². The molecule has 1 aliphatic rings. The maximum atomic E-state index is 11.9. The second-order valence-electron chi connectivity index (χ2n) is 4.93. The standard InChI is InChI=1S/C16H16N2O3/c19-14(10-18-16(20)11-3-6-17-7-4-11)12-1-2-15-13(9-12)5-8-21-15/h1-4,6-7,9,14,19H,5,8,10H2,(H,18,20). The van der Waals surface area contributed by atoms with Gasteiger partial charge in [-0.1, -0.05) is 6.07 Å². The van der Waals surface area contributed by atoms with Gasteiger partial charge in [0.15, 0.2) is 0 Å². The van der Waals surface area contributed by atoms with E-state index in [1.165, 1.54) is 0 Å². The Hall–Kier alpha value is -2.40. The van der Waals surface area contributed by atoms with E-state index in [-0.39, 0.29) is 12.5 Å². The summed E-state index contributed by atoms with van der Waals surface area (Å²) in [6, 6.07) is 8.90. The molecule has 2 heterocycles. The van der Waals surface area contributed by atoms with Crippen molar-refractivity contribution < 1.29 is 14.6 Å². The normalized spacial score (nSPS) is 14.1. The van der Waals surface area contributed by atoms with Gasteiger partial charge in [0.05, 0.1) is 12.7 Å². The van der Waals surface area contributed by atoms with Crippen LogP contribution in [-0.2, 0) is 6.42 Å². The van der Waals surface area contributed by atoms with Crippen LogP contribution < -0.4 is 10.1 Å². The first-order chi connectivity index (χ1) is 10.2. The van der Waals surface area contributed by atoms with Crippen molar-refractivity contribution in [2.24, 2.45) is 0 Å². The molecule has 1 aliphatic heterocycles. The van der Waals surface area contributed by atoms with Crippen LogP contribution in [0.4, 0.5) is 0 Å². The van der Waals surface area contributed by atoms with Crippen molar-refractivity contribution in [3.8, 4) is 5.75 Å². The van der Waals surface area contributed by atoms with Gasteiger partial charge in [0.25, 0.3) is 5.91 Å². The van der Waals surface area contributed by atoms with E-state index in [4.69, 9.17) is 4.74 Å². The second kappa shape index (κ2) is 5.93. The summed E-state index contributed by atoms with van der Waals surface area (Å²) < 4.78 is 5.43. The summed E-state index contributed by atoms with van der Waals surface area (Å²) in [4.78, 5) is 15.8. The van der Waals surface area contributed by atoms with Crippen molar-refractivity contribution in [3.63, 3.8) is 0 Å². The number of hydrogen-bond acceptors (Lipinski definition) is 4. The molecule has 0 saturated carbocycles. The van der Waals surface area contributed by atoms with Crippen LogP contribution in [0.15, 0.2) is 42.7 Å². The number of hydrogen-bond donors (Lipinski definition) is 2. The largest absolute Gasteiger partial charge is 0.493 e. The van der Waals surface area contributed by atoms with Gasteiger partial charge in [-0.15, -0.1) is 0 Å². The van der Waals surface area contributed by atoms with Gasteiger partial charge in [-0.05, 0) is 35.4 Å². The molecule has 108 valence electrons. The van der Waals surface area contributed by atoms with Gasteiger partial charge in [-0.25, -0.2) is 0 Å². The fourth-order valence-corrected chi connectivity index (χ4v) is 2.33. The Morgan fingerprint density at radius 1 is 1.33 bits per heavy atom. The monoisotopic (exact) mass is 284 g/mol. The molecule has 0 bridgehead atoms. The third kappa shape index (κ3) is 3.03. The van der Waals surface area contributed by atoms with E-state index in [1.54, 1.807) is 24.5 Å². The predicted octanol–water partition coefficient (Wildman–Crippen LogP) is 1.48. The minimum atomic E-state index is -0.735. The Bertz CT molecular complexity index is 643. The number of fused-ring (bicyclic) bond motifs is 1. The lowest BCUT2D eigenvalue weighted by molar-refractivity contribution is 0.0916. The molecule has 0 aliphatic carbocycles. The highest BCUT2D eigenvalue weighted by molar-refractivity contribution is 5.93. The van der Waals surface area contributed by atoms with Crippen LogP contribution in [0.2, 0.25) is 0 Å². The lowest BCUT2D eigenvalue weighted by atomic mass is 10.0. The van der Waals surface area contributed by atoms with Gasteiger partial charge in [0.1, 0.15) is 5.75 Å². The molecule has 1 atom stereocenters. The Kier molecular flexibility index (Phi) is 3.83. The fraction of sp³-hybridized carbons (Fsp3) is 0.250. The van der Waals surface area contributed by atoms with Gasteiger partial charge in [-0.2, -0.15) is 0 Å². The van der Waals surface area contributed by atoms with Crippen LogP contribution in [0.25, 0.3) is 0 Å². The first-order valence-electron chi connectivity index (χ1n) is 6.86. The van der Waals surface area contributed by atoms with Crippen molar-refractivity contribution >= 4 is 5.91 Å². The van der Waals surface area contributed by atoms with Crippen LogP contribution in [0.1, 0.15) is 27.6 Å². The molecule has 0 fully saturated rings. The molecule has 1 unspecified atom stereocenters. The molecule has 2 N–H and O–H groups in total. The van der Waals surface area contributed by atoms with Gasteiger partial charge in [0.2, 0.25) is 0 Å². The summed E-state index contributed by atoms with van der Waals surface area (Å²) in [6.45, 7) is 0.856. The third-order valence-corrected chi connectivity index (χ3v) is 3.50. The van der Waals surface area contributed by atoms with E-state index in [0.717, 1.165) is 23.3 Å². The Balaban J connectivity index is 1.62. The average Bonchev–Trinajstić information content (AvgIpc) is 3.00. The first-order valence-corrected chi connectivity index (χ1v) is 6.86.